The molecule has 1 N–H and O–H groups in total. The molecular weight excluding hydrogens is 242 g/mol. The smallest absolute Gasteiger partial charge is 0.218 e. The quantitative estimate of drug-likeness (QED) is 0.890. The van der Waals surface area contributed by atoms with E-state index in [4.69, 9.17) is 4.74 Å². The minimum Gasteiger partial charge on any atom is -0.475 e. The lowest BCUT2D eigenvalue weighted by Gasteiger charge is -2.10. The van der Waals surface area contributed by atoms with E-state index >= 15 is 0 Å². The van der Waals surface area contributed by atoms with E-state index in [-0.39, 0.29) is 6.10 Å². The van der Waals surface area contributed by atoms with Gasteiger partial charge in [-0.2, -0.15) is 5.10 Å². The number of rotatable bonds is 5. The topological polar surface area (TPSA) is 64.9 Å². The minimum atomic E-state index is 0.100. The van der Waals surface area contributed by atoms with Crippen LogP contribution in [0.5, 0.6) is 5.88 Å². The van der Waals surface area contributed by atoms with E-state index in [0.717, 1.165) is 17.1 Å². The van der Waals surface area contributed by atoms with Crippen LogP contribution in [0.25, 0.3) is 0 Å². The molecule has 19 heavy (non-hydrogen) atoms. The van der Waals surface area contributed by atoms with Crippen molar-refractivity contribution in [3.05, 3.63) is 29.8 Å². The van der Waals surface area contributed by atoms with Gasteiger partial charge in [-0.1, -0.05) is 0 Å². The van der Waals surface area contributed by atoms with E-state index in [9.17, 15) is 0 Å². The summed E-state index contributed by atoms with van der Waals surface area (Å²) in [7, 11) is 1.91. The van der Waals surface area contributed by atoms with Gasteiger partial charge in [0.05, 0.1) is 11.8 Å². The van der Waals surface area contributed by atoms with Crippen LogP contribution in [0.3, 0.4) is 0 Å². The summed E-state index contributed by atoms with van der Waals surface area (Å²) in [6.07, 6.45) is 3.59. The monoisotopic (exact) mass is 261 g/mol. The Labute approximate surface area is 112 Å². The van der Waals surface area contributed by atoms with Crippen LogP contribution in [0.2, 0.25) is 0 Å². The molecule has 2 aromatic rings. The van der Waals surface area contributed by atoms with E-state index in [1.165, 1.54) is 6.33 Å². The molecule has 0 spiro atoms. The maximum absolute atomic E-state index is 5.53. The summed E-state index contributed by atoms with van der Waals surface area (Å²) < 4.78 is 7.33. The molecule has 0 atom stereocenters. The molecule has 2 heterocycles. The molecule has 0 saturated carbocycles. The Morgan fingerprint density at radius 1 is 1.37 bits per heavy atom. The Hall–Kier alpha value is -2.11. The first kappa shape index (κ1) is 13.3. The minimum absolute atomic E-state index is 0.100. The van der Waals surface area contributed by atoms with Gasteiger partial charge in [0, 0.05) is 31.4 Å². The van der Waals surface area contributed by atoms with Gasteiger partial charge >= 0.3 is 0 Å². The summed E-state index contributed by atoms with van der Waals surface area (Å²) in [5.74, 6) is 1.32. The number of aromatic nitrogens is 4. The van der Waals surface area contributed by atoms with Crippen molar-refractivity contribution < 1.29 is 4.74 Å². The number of hydrogen-bond acceptors (Lipinski definition) is 5. The van der Waals surface area contributed by atoms with Gasteiger partial charge in [0.25, 0.3) is 0 Å². The highest BCUT2D eigenvalue weighted by Crippen LogP contribution is 2.14. The van der Waals surface area contributed by atoms with Crippen molar-refractivity contribution in [2.45, 2.75) is 33.4 Å². The molecule has 0 fully saturated rings. The molecular formula is C13H19N5O. The molecule has 0 unspecified atom stereocenters. The highest BCUT2D eigenvalue weighted by molar-refractivity contribution is 5.38. The molecule has 6 nitrogen and oxygen atoms in total. The third kappa shape index (κ3) is 3.67. The first-order chi connectivity index (χ1) is 9.04. The maximum atomic E-state index is 5.53. The van der Waals surface area contributed by atoms with E-state index in [2.05, 4.69) is 20.4 Å². The van der Waals surface area contributed by atoms with Crippen molar-refractivity contribution in [2.24, 2.45) is 7.05 Å². The van der Waals surface area contributed by atoms with E-state index in [0.29, 0.717) is 12.4 Å². The molecule has 0 amide bonds. The van der Waals surface area contributed by atoms with Crippen LogP contribution in [0.4, 0.5) is 5.82 Å². The summed E-state index contributed by atoms with van der Waals surface area (Å²) in [6, 6.07) is 1.80. The number of nitrogens with one attached hydrogen (secondary N) is 1. The van der Waals surface area contributed by atoms with Gasteiger partial charge in [0.2, 0.25) is 5.88 Å². The molecule has 0 saturated heterocycles. The van der Waals surface area contributed by atoms with E-state index in [1.54, 1.807) is 10.7 Å². The molecule has 0 aliphatic rings. The van der Waals surface area contributed by atoms with Gasteiger partial charge in [-0.15, -0.1) is 0 Å². The summed E-state index contributed by atoms with van der Waals surface area (Å²) in [5.41, 5.74) is 2.16. The van der Waals surface area contributed by atoms with Crippen LogP contribution >= 0.6 is 0 Å². The second-order valence-corrected chi connectivity index (χ2v) is 4.68. The van der Waals surface area contributed by atoms with Crippen molar-refractivity contribution in [2.75, 3.05) is 5.32 Å². The van der Waals surface area contributed by atoms with Crippen molar-refractivity contribution in [3.63, 3.8) is 0 Å². The van der Waals surface area contributed by atoms with Gasteiger partial charge in [-0.3, -0.25) is 4.68 Å². The number of aryl methyl sites for hydroxylation is 2. The average molecular weight is 261 g/mol. The Kier molecular flexibility index (Phi) is 3.99. The fraction of sp³-hybridized carbons (Fsp3) is 0.462. The summed E-state index contributed by atoms with van der Waals surface area (Å²) in [5, 5.41) is 7.54. The Morgan fingerprint density at radius 2 is 2.16 bits per heavy atom. The molecule has 2 rings (SSSR count). The van der Waals surface area contributed by atoms with Crippen LogP contribution in [-0.2, 0) is 13.6 Å². The molecule has 0 aromatic carbocycles. The summed E-state index contributed by atoms with van der Waals surface area (Å²) in [4.78, 5) is 8.24. The van der Waals surface area contributed by atoms with Gasteiger partial charge in [0.1, 0.15) is 12.1 Å². The predicted octanol–water partition coefficient (Wildman–Crippen LogP) is 1.92. The molecule has 0 aliphatic carbocycles. The Morgan fingerprint density at radius 3 is 2.79 bits per heavy atom. The van der Waals surface area contributed by atoms with Gasteiger partial charge < -0.3 is 10.1 Å². The van der Waals surface area contributed by atoms with Crippen LogP contribution in [0.15, 0.2) is 18.6 Å². The first-order valence-electron chi connectivity index (χ1n) is 6.26. The van der Waals surface area contributed by atoms with Crippen LogP contribution in [-0.4, -0.2) is 25.9 Å². The molecule has 0 aliphatic heterocycles. The number of hydrogen-bond donors (Lipinski definition) is 1. The lowest BCUT2D eigenvalue weighted by Crippen LogP contribution is -2.08. The zero-order valence-corrected chi connectivity index (χ0v) is 11.7. The fourth-order valence-corrected chi connectivity index (χ4v) is 1.75. The summed E-state index contributed by atoms with van der Waals surface area (Å²) >= 11 is 0. The third-order valence-electron chi connectivity index (χ3n) is 2.57. The normalized spacial score (nSPS) is 10.8. The number of anilines is 1. The largest absolute Gasteiger partial charge is 0.475 e. The van der Waals surface area contributed by atoms with E-state index in [1.807, 2.05) is 34.0 Å². The van der Waals surface area contributed by atoms with Gasteiger partial charge in [-0.25, -0.2) is 9.97 Å². The SMILES string of the molecule is Cc1nn(C)cc1CNc1cc(OC(C)C)ncn1. The lowest BCUT2D eigenvalue weighted by molar-refractivity contribution is 0.232. The fourth-order valence-electron chi connectivity index (χ4n) is 1.75. The summed E-state index contributed by atoms with van der Waals surface area (Å²) in [6.45, 7) is 6.60. The van der Waals surface area contributed by atoms with Crippen molar-refractivity contribution in [3.8, 4) is 5.88 Å². The van der Waals surface area contributed by atoms with Gasteiger partial charge in [0.15, 0.2) is 0 Å². The Bertz CT molecular complexity index is 550. The zero-order valence-electron chi connectivity index (χ0n) is 11.7. The Balaban J connectivity index is 2.01. The van der Waals surface area contributed by atoms with Crippen molar-refractivity contribution in [1.29, 1.82) is 0 Å². The second-order valence-electron chi connectivity index (χ2n) is 4.68. The maximum Gasteiger partial charge on any atom is 0.218 e. The zero-order chi connectivity index (χ0) is 13.8. The molecule has 0 bridgehead atoms. The van der Waals surface area contributed by atoms with Crippen molar-refractivity contribution >= 4 is 5.82 Å². The highest BCUT2D eigenvalue weighted by atomic mass is 16.5. The van der Waals surface area contributed by atoms with Crippen LogP contribution in [0.1, 0.15) is 25.1 Å². The number of ether oxygens (including phenoxy) is 1. The average Bonchev–Trinajstić information content (AvgIpc) is 2.65. The van der Waals surface area contributed by atoms with Crippen molar-refractivity contribution in [1.82, 2.24) is 19.7 Å². The van der Waals surface area contributed by atoms with Gasteiger partial charge in [-0.05, 0) is 20.8 Å². The standard InChI is InChI=1S/C13H19N5O/c1-9(2)19-13-5-12(15-8-16-13)14-6-11-7-18(4)17-10(11)3/h5,7-9H,6H2,1-4H3,(H,14,15,16). The molecule has 2 aromatic heterocycles. The highest BCUT2D eigenvalue weighted by Gasteiger charge is 2.05. The third-order valence-corrected chi connectivity index (χ3v) is 2.57. The van der Waals surface area contributed by atoms with Crippen LogP contribution in [0, 0.1) is 6.92 Å². The molecule has 6 heteroatoms. The number of nitrogens with zero attached hydrogens (tertiary/aromatic N) is 4. The molecule has 102 valence electrons. The van der Waals surface area contributed by atoms with Crippen LogP contribution < -0.4 is 10.1 Å². The van der Waals surface area contributed by atoms with E-state index < -0.39 is 0 Å². The molecule has 0 radical (unpaired) electrons. The second kappa shape index (κ2) is 5.69. The predicted molar refractivity (Wildman–Crippen MR) is 73.1 cm³/mol. The first-order valence-corrected chi connectivity index (χ1v) is 6.26. The lowest BCUT2D eigenvalue weighted by atomic mass is 10.2.